The van der Waals surface area contributed by atoms with Gasteiger partial charge in [0.15, 0.2) is 0 Å². The fourth-order valence-electron chi connectivity index (χ4n) is 1.35. The van der Waals surface area contributed by atoms with E-state index >= 15 is 0 Å². The van der Waals surface area contributed by atoms with Gasteiger partial charge in [-0.2, -0.15) is 0 Å². The van der Waals surface area contributed by atoms with Crippen LogP contribution in [0.1, 0.15) is 40.5 Å². The van der Waals surface area contributed by atoms with Crippen molar-refractivity contribution in [3.63, 3.8) is 0 Å². The summed E-state index contributed by atoms with van der Waals surface area (Å²) in [6, 6.07) is 0. The largest absolute Gasteiger partial charge is 0.463 e. The molecule has 0 fully saturated rings. The number of rotatable bonds is 6. The molecule has 0 aromatic rings. The molecule has 0 aliphatic carbocycles. The Bertz CT molecular complexity index is 169. The Morgan fingerprint density at radius 2 is 1.86 bits per heavy atom. The normalized spacial score (nSPS) is 15.3. The van der Waals surface area contributed by atoms with Crippen molar-refractivity contribution in [3.05, 3.63) is 0 Å². The first-order valence-electron chi connectivity index (χ1n) is 5.35. The summed E-state index contributed by atoms with van der Waals surface area (Å²) in [4.78, 5) is 11.3. The van der Waals surface area contributed by atoms with Gasteiger partial charge in [-0.3, -0.25) is 4.79 Å². The van der Waals surface area contributed by atoms with Crippen molar-refractivity contribution in [1.29, 1.82) is 0 Å². The topological polar surface area (TPSA) is 52.3 Å². The lowest BCUT2D eigenvalue weighted by Crippen LogP contribution is -2.21. The first-order chi connectivity index (χ1) is 6.45. The summed E-state index contributed by atoms with van der Waals surface area (Å²) in [5.74, 6) is 0.648. The second-order valence-electron chi connectivity index (χ2n) is 4.48. The first-order valence-corrected chi connectivity index (χ1v) is 5.35. The number of nitrogens with two attached hydrogens (primary N) is 1. The third-order valence-electron chi connectivity index (χ3n) is 2.05. The number of hydrogen-bond acceptors (Lipinski definition) is 3. The second kappa shape index (κ2) is 6.82. The molecular weight excluding hydrogens is 178 g/mol. The summed E-state index contributed by atoms with van der Waals surface area (Å²) >= 11 is 0. The molecule has 2 unspecified atom stereocenters. The fraction of sp³-hybridized carbons (Fsp3) is 0.909. The van der Waals surface area contributed by atoms with Crippen LogP contribution in [0.3, 0.4) is 0 Å². The second-order valence-corrected chi connectivity index (χ2v) is 4.48. The molecule has 84 valence electrons. The first kappa shape index (κ1) is 13.4. The van der Waals surface area contributed by atoms with E-state index in [1.807, 2.05) is 13.8 Å². The number of ether oxygens (including phenoxy) is 1. The lowest BCUT2D eigenvalue weighted by atomic mass is 10.1. The van der Waals surface area contributed by atoms with Gasteiger partial charge < -0.3 is 10.5 Å². The number of hydrogen-bond donors (Lipinski definition) is 1. The van der Waals surface area contributed by atoms with E-state index in [1.165, 1.54) is 0 Å². The monoisotopic (exact) mass is 201 g/mol. The summed E-state index contributed by atoms with van der Waals surface area (Å²) in [6.45, 7) is 8.66. The van der Waals surface area contributed by atoms with Gasteiger partial charge in [-0.15, -0.1) is 0 Å². The maximum atomic E-state index is 11.3. The Hall–Kier alpha value is -0.570. The van der Waals surface area contributed by atoms with E-state index < -0.39 is 0 Å². The molecule has 0 spiro atoms. The van der Waals surface area contributed by atoms with Crippen LogP contribution in [0.4, 0.5) is 0 Å². The van der Waals surface area contributed by atoms with E-state index in [0.717, 1.165) is 6.42 Å². The molecule has 0 aromatic carbocycles. The SMILES string of the molecule is CC(C)CC(C)OC(=O)CC(C)CN. The van der Waals surface area contributed by atoms with Gasteiger partial charge in [0.05, 0.1) is 6.10 Å². The molecule has 2 atom stereocenters. The highest BCUT2D eigenvalue weighted by atomic mass is 16.5. The molecule has 0 heterocycles. The van der Waals surface area contributed by atoms with Crippen molar-refractivity contribution in [1.82, 2.24) is 0 Å². The van der Waals surface area contributed by atoms with Crippen molar-refractivity contribution >= 4 is 5.97 Å². The summed E-state index contributed by atoms with van der Waals surface area (Å²) in [5.41, 5.74) is 5.42. The van der Waals surface area contributed by atoms with Crippen molar-refractivity contribution in [3.8, 4) is 0 Å². The minimum Gasteiger partial charge on any atom is -0.463 e. The van der Waals surface area contributed by atoms with E-state index in [1.54, 1.807) is 0 Å². The van der Waals surface area contributed by atoms with Crippen LogP contribution in [-0.2, 0) is 9.53 Å². The zero-order valence-corrected chi connectivity index (χ0v) is 9.75. The Labute approximate surface area is 87.0 Å². The molecule has 3 nitrogen and oxygen atoms in total. The predicted molar refractivity (Wildman–Crippen MR) is 57.8 cm³/mol. The highest BCUT2D eigenvalue weighted by Gasteiger charge is 2.13. The maximum absolute atomic E-state index is 11.3. The average Bonchev–Trinajstić information content (AvgIpc) is 2.01. The molecule has 14 heavy (non-hydrogen) atoms. The van der Waals surface area contributed by atoms with Gasteiger partial charge >= 0.3 is 5.97 Å². The van der Waals surface area contributed by atoms with E-state index in [0.29, 0.717) is 18.9 Å². The van der Waals surface area contributed by atoms with Crippen molar-refractivity contribution < 1.29 is 9.53 Å². The molecule has 3 heteroatoms. The lowest BCUT2D eigenvalue weighted by Gasteiger charge is -2.16. The molecule has 0 aliphatic rings. The van der Waals surface area contributed by atoms with Crippen LogP contribution in [0, 0.1) is 11.8 Å². The number of carbonyl (C=O) groups excluding carboxylic acids is 1. The van der Waals surface area contributed by atoms with Gasteiger partial charge in [-0.25, -0.2) is 0 Å². The van der Waals surface area contributed by atoms with Crippen LogP contribution < -0.4 is 5.73 Å². The van der Waals surface area contributed by atoms with Crippen molar-refractivity contribution in [2.75, 3.05) is 6.54 Å². The summed E-state index contributed by atoms with van der Waals surface area (Å²) < 4.78 is 5.24. The van der Waals surface area contributed by atoms with Gasteiger partial charge in [0.1, 0.15) is 0 Å². The van der Waals surface area contributed by atoms with Gasteiger partial charge in [-0.05, 0) is 31.7 Å². The Morgan fingerprint density at radius 1 is 1.29 bits per heavy atom. The molecule has 0 radical (unpaired) electrons. The smallest absolute Gasteiger partial charge is 0.306 e. The summed E-state index contributed by atoms with van der Waals surface area (Å²) in [6.07, 6.45) is 1.37. The average molecular weight is 201 g/mol. The molecule has 0 bridgehead atoms. The minimum absolute atomic E-state index is 0.0208. The van der Waals surface area contributed by atoms with Crippen LogP contribution in [0.15, 0.2) is 0 Å². The molecule has 0 aromatic heterocycles. The van der Waals surface area contributed by atoms with E-state index in [2.05, 4.69) is 13.8 Å². The van der Waals surface area contributed by atoms with E-state index in [4.69, 9.17) is 10.5 Å². The quantitative estimate of drug-likeness (QED) is 0.668. The standard InChI is InChI=1S/C11H23NO2/c1-8(2)5-10(4)14-11(13)6-9(3)7-12/h8-10H,5-7,12H2,1-4H3. The van der Waals surface area contributed by atoms with Gasteiger partial charge in [0.25, 0.3) is 0 Å². The molecule has 0 rings (SSSR count). The number of carbonyl (C=O) groups is 1. The maximum Gasteiger partial charge on any atom is 0.306 e. The molecular formula is C11H23NO2. The highest BCUT2D eigenvalue weighted by Crippen LogP contribution is 2.10. The van der Waals surface area contributed by atoms with E-state index in [-0.39, 0.29) is 18.0 Å². The third-order valence-corrected chi connectivity index (χ3v) is 2.05. The Morgan fingerprint density at radius 3 is 2.29 bits per heavy atom. The van der Waals surface area contributed by atoms with Gasteiger partial charge in [-0.1, -0.05) is 20.8 Å². The van der Waals surface area contributed by atoms with E-state index in [9.17, 15) is 4.79 Å². The molecule has 0 amide bonds. The Kier molecular flexibility index (Phi) is 6.54. The third kappa shape index (κ3) is 6.89. The lowest BCUT2D eigenvalue weighted by molar-refractivity contribution is -0.149. The minimum atomic E-state index is -0.129. The van der Waals surface area contributed by atoms with Crippen LogP contribution in [0.5, 0.6) is 0 Å². The van der Waals surface area contributed by atoms with Crippen LogP contribution in [0.25, 0.3) is 0 Å². The fourth-order valence-corrected chi connectivity index (χ4v) is 1.35. The van der Waals surface area contributed by atoms with Crippen LogP contribution in [0.2, 0.25) is 0 Å². The zero-order chi connectivity index (χ0) is 11.1. The van der Waals surface area contributed by atoms with Crippen molar-refractivity contribution in [2.45, 2.75) is 46.6 Å². The molecule has 2 N–H and O–H groups in total. The highest BCUT2D eigenvalue weighted by molar-refractivity contribution is 5.69. The van der Waals surface area contributed by atoms with Crippen LogP contribution in [-0.4, -0.2) is 18.6 Å². The van der Waals surface area contributed by atoms with Crippen molar-refractivity contribution in [2.24, 2.45) is 17.6 Å². The molecule has 0 aliphatic heterocycles. The summed E-state index contributed by atoms with van der Waals surface area (Å²) in [7, 11) is 0. The molecule has 0 saturated carbocycles. The van der Waals surface area contributed by atoms with Crippen LogP contribution >= 0.6 is 0 Å². The Balaban J connectivity index is 3.71. The predicted octanol–water partition coefficient (Wildman–Crippen LogP) is 1.95. The van der Waals surface area contributed by atoms with Gasteiger partial charge in [0, 0.05) is 6.42 Å². The van der Waals surface area contributed by atoms with Gasteiger partial charge in [0.2, 0.25) is 0 Å². The number of esters is 1. The molecule has 0 saturated heterocycles. The summed E-state index contributed by atoms with van der Waals surface area (Å²) in [5, 5.41) is 0. The zero-order valence-electron chi connectivity index (χ0n) is 9.75.